The summed E-state index contributed by atoms with van der Waals surface area (Å²) in [7, 11) is -2.19. The fraction of sp³-hybridized carbons (Fsp3) is 0.167. The summed E-state index contributed by atoms with van der Waals surface area (Å²) in [6.45, 7) is 1.82. The van der Waals surface area contributed by atoms with Crippen molar-refractivity contribution in [3.63, 3.8) is 0 Å². The lowest BCUT2D eigenvalue weighted by Gasteiger charge is -2.25. The van der Waals surface area contributed by atoms with Crippen LogP contribution in [0, 0.1) is 11.3 Å². The summed E-state index contributed by atoms with van der Waals surface area (Å²) in [5.74, 6) is 0. The van der Waals surface area contributed by atoms with Crippen LogP contribution in [0.4, 0.5) is 0 Å². The Morgan fingerprint density at radius 1 is 1.19 bits per heavy atom. The van der Waals surface area contributed by atoms with Crippen LogP contribution in [0.15, 0.2) is 66.1 Å². The maximum atomic E-state index is 12.9. The second-order valence-electron chi connectivity index (χ2n) is 5.77. The van der Waals surface area contributed by atoms with Gasteiger partial charge in [-0.3, -0.25) is 0 Å². The Labute approximate surface area is 152 Å². The molecule has 26 heavy (non-hydrogen) atoms. The molecule has 0 aliphatic heterocycles. The largest absolute Gasteiger partial charge is 0.243 e. The summed E-state index contributed by atoms with van der Waals surface area (Å²) in [6.07, 6.45) is 3.05. The first-order valence-corrected chi connectivity index (χ1v) is 9.30. The molecule has 0 radical (unpaired) electrons. The molecule has 1 unspecified atom stereocenters. The molecular formula is C18H17N5O2S. The Morgan fingerprint density at radius 3 is 2.54 bits per heavy atom. The molecular weight excluding hydrogens is 350 g/mol. The topological polar surface area (TPSA) is 91.9 Å². The highest BCUT2D eigenvalue weighted by Crippen LogP contribution is 2.26. The monoisotopic (exact) mass is 367 g/mol. The summed E-state index contributed by atoms with van der Waals surface area (Å²) < 4.78 is 28.7. The average Bonchev–Trinajstić information content (AvgIpc) is 3.21. The van der Waals surface area contributed by atoms with Gasteiger partial charge in [-0.25, -0.2) is 18.1 Å². The van der Waals surface area contributed by atoms with Crippen molar-refractivity contribution >= 4 is 10.0 Å². The SMILES string of the molecule is CC(c1ccc(-n2cncn2)cc1)N(C)S(=O)(=O)c1cccc(C#N)c1. The van der Waals surface area contributed by atoms with E-state index in [2.05, 4.69) is 10.1 Å². The minimum Gasteiger partial charge on any atom is -0.223 e. The Morgan fingerprint density at radius 2 is 1.92 bits per heavy atom. The second-order valence-corrected chi connectivity index (χ2v) is 7.77. The summed E-state index contributed by atoms with van der Waals surface area (Å²) in [6, 6.07) is 15.0. The molecule has 0 spiro atoms. The normalized spacial score (nSPS) is 12.7. The Kier molecular flexibility index (Phi) is 4.84. The molecule has 2 aromatic carbocycles. The van der Waals surface area contributed by atoms with Crippen molar-refractivity contribution in [2.75, 3.05) is 7.05 Å². The highest BCUT2D eigenvalue weighted by Gasteiger charge is 2.26. The summed E-state index contributed by atoms with van der Waals surface area (Å²) in [5, 5.41) is 13.1. The third-order valence-corrected chi connectivity index (χ3v) is 6.17. The van der Waals surface area contributed by atoms with Gasteiger partial charge in [-0.1, -0.05) is 18.2 Å². The van der Waals surface area contributed by atoms with Gasteiger partial charge in [-0.05, 0) is 42.8 Å². The number of sulfonamides is 1. The molecule has 132 valence electrons. The van der Waals surface area contributed by atoms with E-state index in [1.54, 1.807) is 23.1 Å². The molecule has 0 bridgehead atoms. The van der Waals surface area contributed by atoms with Crippen LogP contribution in [0.1, 0.15) is 24.1 Å². The number of aromatic nitrogens is 3. The van der Waals surface area contributed by atoms with Gasteiger partial charge in [0.1, 0.15) is 12.7 Å². The third-order valence-electron chi connectivity index (χ3n) is 4.24. The van der Waals surface area contributed by atoms with E-state index in [-0.39, 0.29) is 10.9 Å². The van der Waals surface area contributed by atoms with Gasteiger partial charge in [0.2, 0.25) is 10.0 Å². The highest BCUT2D eigenvalue weighted by molar-refractivity contribution is 7.89. The van der Waals surface area contributed by atoms with E-state index in [0.29, 0.717) is 5.56 Å². The van der Waals surface area contributed by atoms with Crippen LogP contribution in [-0.2, 0) is 10.0 Å². The Bertz CT molecular complexity index is 1040. The zero-order valence-corrected chi connectivity index (χ0v) is 15.1. The van der Waals surface area contributed by atoms with E-state index in [1.807, 2.05) is 37.3 Å². The van der Waals surface area contributed by atoms with Crippen LogP contribution in [0.3, 0.4) is 0 Å². The van der Waals surface area contributed by atoms with Crippen molar-refractivity contribution in [3.05, 3.63) is 72.3 Å². The molecule has 0 amide bonds. The van der Waals surface area contributed by atoms with E-state index < -0.39 is 10.0 Å². The first-order valence-electron chi connectivity index (χ1n) is 7.86. The highest BCUT2D eigenvalue weighted by atomic mass is 32.2. The van der Waals surface area contributed by atoms with Crippen LogP contribution in [-0.4, -0.2) is 34.5 Å². The molecule has 0 fully saturated rings. The molecule has 1 heterocycles. The predicted octanol–water partition coefficient (Wildman–Crippen LogP) is 2.52. The number of hydrogen-bond donors (Lipinski definition) is 0. The first-order chi connectivity index (χ1) is 12.4. The zero-order valence-electron chi connectivity index (χ0n) is 14.3. The van der Waals surface area contributed by atoms with E-state index in [0.717, 1.165) is 11.3 Å². The minimum atomic E-state index is -3.72. The molecule has 1 aromatic heterocycles. The molecule has 8 heteroatoms. The average molecular weight is 367 g/mol. The quantitative estimate of drug-likeness (QED) is 0.691. The maximum Gasteiger partial charge on any atom is 0.243 e. The first kappa shape index (κ1) is 17.8. The smallest absolute Gasteiger partial charge is 0.223 e. The molecule has 7 nitrogen and oxygen atoms in total. The van der Waals surface area contributed by atoms with Gasteiger partial charge in [0.25, 0.3) is 0 Å². The summed E-state index contributed by atoms with van der Waals surface area (Å²) in [5.41, 5.74) is 1.99. The van der Waals surface area contributed by atoms with Gasteiger partial charge >= 0.3 is 0 Å². The van der Waals surface area contributed by atoms with Crippen molar-refractivity contribution in [2.45, 2.75) is 17.9 Å². The summed E-state index contributed by atoms with van der Waals surface area (Å²) >= 11 is 0. The van der Waals surface area contributed by atoms with Gasteiger partial charge in [-0.15, -0.1) is 0 Å². The van der Waals surface area contributed by atoms with Crippen molar-refractivity contribution in [1.29, 1.82) is 5.26 Å². The summed E-state index contributed by atoms with van der Waals surface area (Å²) in [4.78, 5) is 4.01. The standard InChI is InChI=1S/C18H17N5O2S/c1-14(16-6-8-17(9-7-16)23-13-20-12-21-23)22(2)26(24,25)18-5-3-4-15(10-18)11-19/h3-10,12-14H,1-2H3. The predicted molar refractivity (Wildman–Crippen MR) is 95.9 cm³/mol. The second kappa shape index (κ2) is 7.07. The van der Waals surface area contributed by atoms with Crippen LogP contribution in [0.25, 0.3) is 5.69 Å². The Hall–Kier alpha value is -3.02. The van der Waals surface area contributed by atoms with Crippen LogP contribution in [0.5, 0.6) is 0 Å². The van der Waals surface area contributed by atoms with Crippen molar-refractivity contribution in [2.24, 2.45) is 0 Å². The molecule has 0 aliphatic rings. The van der Waals surface area contributed by atoms with Gasteiger partial charge in [-0.2, -0.15) is 14.7 Å². The van der Waals surface area contributed by atoms with Gasteiger partial charge in [0.15, 0.2) is 0 Å². The number of nitriles is 1. The van der Waals surface area contributed by atoms with E-state index in [9.17, 15) is 8.42 Å². The van der Waals surface area contributed by atoms with E-state index >= 15 is 0 Å². The molecule has 0 aliphatic carbocycles. The Balaban J connectivity index is 1.86. The molecule has 0 saturated heterocycles. The molecule has 1 atom stereocenters. The van der Waals surface area contributed by atoms with E-state index in [4.69, 9.17) is 5.26 Å². The third kappa shape index (κ3) is 3.35. The lowest BCUT2D eigenvalue weighted by atomic mass is 10.1. The van der Waals surface area contributed by atoms with Crippen molar-refractivity contribution in [3.8, 4) is 11.8 Å². The molecule has 0 saturated carbocycles. The van der Waals surface area contributed by atoms with Crippen LogP contribution >= 0.6 is 0 Å². The maximum absolute atomic E-state index is 12.9. The van der Waals surface area contributed by atoms with Crippen molar-refractivity contribution in [1.82, 2.24) is 19.1 Å². The van der Waals surface area contributed by atoms with Crippen LogP contribution < -0.4 is 0 Å². The van der Waals surface area contributed by atoms with Gasteiger partial charge in [0.05, 0.1) is 22.2 Å². The molecule has 0 N–H and O–H groups in total. The zero-order chi connectivity index (χ0) is 18.7. The fourth-order valence-electron chi connectivity index (χ4n) is 2.56. The lowest BCUT2D eigenvalue weighted by Crippen LogP contribution is -2.29. The number of hydrogen-bond acceptors (Lipinski definition) is 5. The van der Waals surface area contributed by atoms with Crippen molar-refractivity contribution < 1.29 is 8.42 Å². The molecule has 3 rings (SSSR count). The lowest BCUT2D eigenvalue weighted by molar-refractivity contribution is 0.398. The number of nitrogens with zero attached hydrogens (tertiary/aromatic N) is 5. The minimum absolute atomic E-state index is 0.102. The van der Waals surface area contributed by atoms with Crippen LogP contribution in [0.2, 0.25) is 0 Å². The number of rotatable bonds is 5. The molecule has 3 aromatic rings. The fourth-order valence-corrected chi connectivity index (χ4v) is 3.95. The van der Waals surface area contributed by atoms with E-state index in [1.165, 1.54) is 29.8 Å². The van der Waals surface area contributed by atoms with Gasteiger partial charge < -0.3 is 0 Å². The number of benzene rings is 2. The van der Waals surface area contributed by atoms with Gasteiger partial charge in [0, 0.05) is 13.1 Å².